The number of carbonyl (C=O) groups excluding carboxylic acids is 1. The lowest BCUT2D eigenvalue weighted by Crippen LogP contribution is -2.15. The van der Waals surface area contributed by atoms with Gasteiger partial charge in [-0.25, -0.2) is 0 Å². The van der Waals surface area contributed by atoms with E-state index in [0.717, 1.165) is 5.56 Å². The Balaban J connectivity index is 1.61. The molecule has 6 nitrogen and oxygen atoms in total. The standard InChI is InChI=1S/C20H19Cl3N4O2S/c1-3-27-17(10-29-13-7-8-14(21)12(2)9-13)25-26-20(27)30-11-18(28)24-19-15(22)5-4-6-16(19)23/h4-9H,3,10-11H2,1-2H3,(H,24,28). The van der Waals surface area contributed by atoms with Gasteiger partial charge in [0, 0.05) is 11.6 Å². The van der Waals surface area contributed by atoms with E-state index >= 15 is 0 Å². The topological polar surface area (TPSA) is 69.0 Å². The van der Waals surface area contributed by atoms with Crippen LogP contribution in [0.4, 0.5) is 5.69 Å². The number of nitrogens with one attached hydrogen (secondary N) is 1. The fraction of sp³-hybridized carbons (Fsp3) is 0.250. The molecule has 1 aromatic heterocycles. The molecule has 0 atom stereocenters. The van der Waals surface area contributed by atoms with Crippen LogP contribution in [-0.2, 0) is 17.9 Å². The van der Waals surface area contributed by atoms with Gasteiger partial charge in [-0.05, 0) is 49.7 Å². The number of aryl methyl sites for hydroxylation is 1. The number of halogens is 3. The van der Waals surface area contributed by atoms with Crippen molar-refractivity contribution in [1.29, 1.82) is 0 Å². The molecule has 0 bridgehead atoms. The molecule has 2 aromatic carbocycles. The summed E-state index contributed by atoms with van der Waals surface area (Å²) in [5, 5.41) is 13.2. The zero-order chi connectivity index (χ0) is 21.7. The first-order valence-corrected chi connectivity index (χ1v) is 11.2. The van der Waals surface area contributed by atoms with E-state index in [-0.39, 0.29) is 18.3 Å². The maximum atomic E-state index is 12.3. The molecule has 0 fully saturated rings. The van der Waals surface area contributed by atoms with Gasteiger partial charge in [0.2, 0.25) is 5.91 Å². The summed E-state index contributed by atoms with van der Waals surface area (Å²) in [4.78, 5) is 12.3. The van der Waals surface area contributed by atoms with Gasteiger partial charge in [-0.2, -0.15) is 0 Å². The largest absolute Gasteiger partial charge is 0.486 e. The third-order valence-corrected chi connectivity index (χ3v) is 6.19. The van der Waals surface area contributed by atoms with Gasteiger partial charge < -0.3 is 14.6 Å². The van der Waals surface area contributed by atoms with Crippen LogP contribution in [0.15, 0.2) is 41.6 Å². The maximum absolute atomic E-state index is 12.3. The van der Waals surface area contributed by atoms with Crippen LogP contribution in [0.25, 0.3) is 0 Å². The van der Waals surface area contributed by atoms with E-state index in [2.05, 4.69) is 15.5 Å². The minimum Gasteiger partial charge on any atom is -0.486 e. The third-order valence-electron chi connectivity index (χ3n) is 4.17. The Morgan fingerprint density at radius 2 is 1.87 bits per heavy atom. The molecule has 0 unspecified atom stereocenters. The molecule has 0 aliphatic rings. The SMILES string of the molecule is CCn1c(COc2ccc(Cl)c(C)c2)nnc1SCC(=O)Nc1c(Cl)cccc1Cl. The summed E-state index contributed by atoms with van der Waals surface area (Å²) >= 11 is 19.5. The highest BCUT2D eigenvalue weighted by Crippen LogP contribution is 2.30. The quantitative estimate of drug-likeness (QED) is 0.404. The van der Waals surface area contributed by atoms with Crippen molar-refractivity contribution in [3.05, 3.63) is 62.9 Å². The average molecular weight is 486 g/mol. The molecule has 1 N–H and O–H groups in total. The van der Waals surface area contributed by atoms with E-state index in [1.165, 1.54) is 11.8 Å². The van der Waals surface area contributed by atoms with Crippen molar-refractivity contribution in [1.82, 2.24) is 14.8 Å². The highest BCUT2D eigenvalue weighted by Gasteiger charge is 2.15. The van der Waals surface area contributed by atoms with E-state index in [1.54, 1.807) is 24.3 Å². The predicted octanol–water partition coefficient (Wildman–Crippen LogP) is 5.88. The predicted molar refractivity (Wildman–Crippen MR) is 122 cm³/mol. The summed E-state index contributed by atoms with van der Waals surface area (Å²) in [5.74, 6) is 1.27. The smallest absolute Gasteiger partial charge is 0.234 e. The van der Waals surface area contributed by atoms with E-state index in [9.17, 15) is 4.79 Å². The van der Waals surface area contributed by atoms with Crippen LogP contribution < -0.4 is 10.1 Å². The summed E-state index contributed by atoms with van der Waals surface area (Å²) in [7, 11) is 0. The minimum absolute atomic E-state index is 0.136. The Kier molecular flexibility index (Phi) is 7.88. The zero-order valence-electron chi connectivity index (χ0n) is 16.3. The van der Waals surface area contributed by atoms with Crippen molar-refractivity contribution in [3.8, 4) is 5.75 Å². The van der Waals surface area contributed by atoms with Gasteiger partial charge in [-0.3, -0.25) is 4.79 Å². The van der Waals surface area contributed by atoms with Gasteiger partial charge in [0.1, 0.15) is 12.4 Å². The number of hydrogen-bond donors (Lipinski definition) is 1. The lowest BCUT2D eigenvalue weighted by molar-refractivity contribution is -0.113. The molecule has 3 rings (SSSR count). The number of anilines is 1. The van der Waals surface area contributed by atoms with E-state index < -0.39 is 0 Å². The number of amides is 1. The fourth-order valence-electron chi connectivity index (χ4n) is 2.63. The van der Waals surface area contributed by atoms with Crippen LogP contribution in [0.3, 0.4) is 0 Å². The highest BCUT2D eigenvalue weighted by atomic mass is 35.5. The molecule has 1 heterocycles. The van der Waals surface area contributed by atoms with E-state index in [4.69, 9.17) is 39.5 Å². The van der Waals surface area contributed by atoms with Crippen molar-refractivity contribution >= 4 is 58.2 Å². The molecule has 3 aromatic rings. The highest BCUT2D eigenvalue weighted by molar-refractivity contribution is 7.99. The Labute approximate surface area is 193 Å². The normalized spacial score (nSPS) is 10.8. The molecule has 10 heteroatoms. The second-order valence-corrected chi connectivity index (χ2v) is 8.44. The van der Waals surface area contributed by atoms with Crippen molar-refractivity contribution in [2.24, 2.45) is 0 Å². The summed E-state index contributed by atoms with van der Waals surface area (Å²) in [6, 6.07) is 10.5. The molecule has 30 heavy (non-hydrogen) atoms. The molecule has 0 aliphatic carbocycles. The summed E-state index contributed by atoms with van der Waals surface area (Å²) < 4.78 is 7.72. The average Bonchev–Trinajstić information content (AvgIpc) is 3.12. The third kappa shape index (κ3) is 5.60. The number of nitrogens with zero attached hydrogens (tertiary/aromatic N) is 3. The molecule has 0 saturated carbocycles. The molecule has 0 radical (unpaired) electrons. The number of aromatic nitrogens is 3. The van der Waals surface area contributed by atoms with E-state index in [1.807, 2.05) is 30.5 Å². The fourth-order valence-corrected chi connectivity index (χ4v) is 4.06. The monoisotopic (exact) mass is 484 g/mol. The maximum Gasteiger partial charge on any atom is 0.234 e. The molecule has 0 aliphatic heterocycles. The number of rotatable bonds is 8. The number of hydrogen-bond acceptors (Lipinski definition) is 5. The lowest BCUT2D eigenvalue weighted by atomic mass is 10.2. The Morgan fingerprint density at radius 1 is 1.13 bits per heavy atom. The van der Waals surface area contributed by atoms with Crippen LogP contribution in [0.2, 0.25) is 15.1 Å². The first-order chi connectivity index (χ1) is 14.4. The Bertz CT molecular complexity index is 1040. The summed E-state index contributed by atoms with van der Waals surface area (Å²) in [6.07, 6.45) is 0. The Morgan fingerprint density at radius 3 is 2.53 bits per heavy atom. The number of thioether (sulfide) groups is 1. The molecular weight excluding hydrogens is 467 g/mol. The first kappa shape index (κ1) is 22.7. The van der Waals surface area contributed by atoms with Gasteiger partial charge in [-0.15, -0.1) is 10.2 Å². The molecule has 0 saturated heterocycles. The van der Waals surface area contributed by atoms with Crippen molar-refractivity contribution in [2.75, 3.05) is 11.1 Å². The minimum atomic E-state index is -0.241. The molecule has 1 amide bonds. The lowest BCUT2D eigenvalue weighted by Gasteiger charge is -2.10. The second-order valence-electron chi connectivity index (χ2n) is 6.28. The van der Waals surface area contributed by atoms with Crippen LogP contribution in [0, 0.1) is 6.92 Å². The van der Waals surface area contributed by atoms with Gasteiger partial charge in [0.05, 0.1) is 21.5 Å². The van der Waals surface area contributed by atoms with Crippen LogP contribution in [0.1, 0.15) is 18.3 Å². The summed E-state index contributed by atoms with van der Waals surface area (Å²) in [5.41, 5.74) is 1.34. The molecule has 158 valence electrons. The van der Waals surface area contributed by atoms with Crippen molar-refractivity contribution in [3.63, 3.8) is 0 Å². The second kappa shape index (κ2) is 10.4. The summed E-state index contributed by atoms with van der Waals surface area (Å²) in [6.45, 7) is 4.79. The van der Waals surface area contributed by atoms with Gasteiger partial charge in [0.25, 0.3) is 0 Å². The van der Waals surface area contributed by atoms with Gasteiger partial charge in [0.15, 0.2) is 11.0 Å². The molecule has 0 spiro atoms. The van der Waals surface area contributed by atoms with Crippen molar-refractivity contribution in [2.45, 2.75) is 32.2 Å². The number of para-hydroxylation sites is 1. The van der Waals surface area contributed by atoms with Crippen LogP contribution in [-0.4, -0.2) is 26.4 Å². The number of benzene rings is 2. The van der Waals surface area contributed by atoms with Crippen LogP contribution in [0.5, 0.6) is 5.75 Å². The van der Waals surface area contributed by atoms with E-state index in [0.29, 0.717) is 44.0 Å². The van der Waals surface area contributed by atoms with Gasteiger partial charge >= 0.3 is 0 Å². The first-order valence-electron chi connectivity index (χ1n) is 9.06. The van der Waals surface area contributed by atoms with Crippen LogP contribution >= 0.6 is 46.6 Å². The number of ether oxygens (including phenoxy) is 1. The zero-order valence-corrected chi connectivity index (χ0v) is 19.4. The van der Waals surface area contributed by atoms with Gasteiger partial charge in [-0.1, -0.05) is 52.6 Å². The van der Waals surface area contributed by atoms with Crippen molar-refractivity contribution < 1.29 is 9.53 Å². The number of carbonyl (C=O) groups is 1. The molecular formula is C20H19Cl3N4O2S. The Hall–Kier alpha value is -1.93.